The molecule has 142 valence electrons. The minimum atomic E-state index is -3.77. The summed E-state index contributed by atoms with van der Waals surface area (Å²) in [5.74, 6) is 0.500. The summed E-state index contributed by atoms with van der Waals surface area (Å²) in [4.78, 5) is 12.4. The highest BCUT2D eigenvalue weighted by atomic mass is 32.2. The standard InChI is InChI=1S/C16H17N5O4S2/c1-11(15(22)19-12-4-6-14(7-5-12)27(17,23)24)26-16-20-18-10-21(16)9-13-3-2-8-25-13/h2-8,10-11H,9H2,1H3,(H,19,22)(H2,17,23,24)/t11-/m1/s1. The number of primary sulfonamides is 1. The first-order valence-corrected chi connectivity index (χ1v) is 10.3. The Labute approximate surface area is 160 Å². The number of benzene rings is 1. The molecule has 11 heteroatoms. The number of aromatic nitrogens is 3. The lowest BCUT2D eigenvalue weighted by atomic mass is 10.3. The highest BCUT2D eigenvalue weighted by Crippen LogP contribution is 2.23. The molecule has 0 aliphatic rings. The van der Waals surface area contributed by atoms with E-state index in [9.17, 15) is 13.2 Å². The first-order chi connectivity index (χ1) is 12.8. The molecular formula is C16H17N5O4S2. The third kappa shape index (κ3) is 4.96. The number of nitrogens with one attached hydrogen (secondary N) is 1. The second-order valence-corrected chi connectivity index (χ2v) is 8.51. The van der Waals surface area contributed by atoms with Crippen molar-refractivity contribution < 1.29 is 17.6 Å². The van der Waals surface area contributed by atoms with E-state index in [1.54, 1.807) is 30.1 Å². The molecule has 3 aromatic rings. The van der Waals surface area contributed by atoms with E-state index in [0.29, 0.717) is 17.4 Å². The van der Waals surface area contributed by atoms with Gasteiger partial charge in [0, 0.05) is 5.69 Å². The Hall–Kier alpha value is -2.63. The molecule has 0 saturated heterocycles. The van der Waals surface area contributed by atoms with Crippen LogP contribution in [0.3, 0.4) is 0 Å². The molecule has 0 unspecified atom stereocenters. The highest BCUT2D eigenvalue weighted by Gasteiger charge is 2.19. The van der Waals surface area contributed by atoms with Crippen LogP contribution in [0.5, 0.6) is 0 Å². The molecule has 27 heavy (non-hydrogen) atoms. The first-order valence-electron chi connectivity index (χ1n) is 7.83. The minimum absolute atomic E-state index is 0.0195. The summed E-state index contributed by atoms with van der Waals surface area (Å²) in [7, 11) is -3.77. The highest BCUT2D eigenvalue weighted by molar-refractivity contribution is 8.00. The van der Waals surface area contributed by atoms with Gasteiger partial charge in [-0.05, 0) is 43.3 Å². The lowest BCUT2D eigenvalue weighted by molar-refractivity contribution is -0.115. The van der Waals surface area contributed by atoms with Crippen LogP contribution < -0.4 is 10.5 Å². The molecular weight excluding hydrogens is 390 g/mol. The van der Waals surface area contributed by atoms with Crippen LogP contribution in [0, 0.1) is 0 Å². The van der Waals surface area contributed by atoms with Gasteiger partial charge in [0.05, 0.1) is 23.0 Å². The van der Waals surface area contributed by atoms with Crippen molar-refractivity contribution in [3.63, 3.8) is 0 Å². The molecule has 0 fully saturated rings. The van der Waals surface area contributed by atoms with E-state index in [2.05, 4.69) is 15.5 Å². The summed E-state index contributed by atoms with van der Waals surface area (Å²) in [5, 5.41) is 15.8. The lowest BCUT2D eigenvalue weighted by Gasteiger charge is -2.12. The van der Waals surface area contributed by atoms with Gasteiger partial charge < -0.3 is 14.3 Å². The quantitative estimate of drug-likeness (QED) is 0.569. The van der Waals surface area contributed by atoms with Gasteiger partial charge in [0.25, 0.3) is 0 Å². The Balaban J connectivity index is 1.62. The summed E-state index contributed by atoms with van der Waals surface area (Å²) in [6.45, 7) is 2.20. The number of carbonyl (C=O) groups is 1. The van der Waals surface area contributed by atoms with Crippen molar-refractivity contribution in [3.8, 4) is 0 Å². The van der Waals surface area contributed by atoms with E-state index >= 15 is 0 Å². The number of nitrogens with two attached hydrogens (primary N) is 1. The van der Waals surface area contributed by atoms with Gasteiger partial charge in [-0.3, -0.25) is 4.79 Å². The molecule has 9 nitrogen and oxygen atoms in total. The van der Waals surface area contributed by atoms with Crippen LogP contribution >= 0.6 is 11.8 Å². The number of hydrogen-bond acceptors (Lipinski definition) is 7. The molecule has 1 atom stereocenters. The number of nitrogens with zero attached hydrogens (tertiary/aromatic N) is 3. The molecule has 0 bridgehead atoms. The number of carbonyl (C=O) groups excluding carboxylic acids is 1. The zero-order chi connectivity index (χ0) is 19.4. The summed E-state index contributed by atoms with van der Waals surface area (Å²) in [6.07, 6.45) is 3.16. The Kier molecular flexibility index (Phi) is 5.63. The molecule has 0 spiro atoms. The van der Waals surface area contributed by atoms with Gasteiger partial charge in [-0.2, -0.15) is 0 Å². The van der Waals surface area contributed by atoms with Gasteiger partial charge in [0.15, 0.2) is 5.16 Å². The Morgan fingerprint density at radius 2 is 2.07 bits per heavy atom. The van der Waals surface area contributed by atoms with Crippen LogP contribution in [0.25, 0.3) is 0 Å². The molecule has 0 aliphatic carbocycles. The molecule has 0 aliphatic heterocycles. The molecule has 0 radical (unpaired) electrons. The maximum atomic E-state index is 12.4. The van der Waals surface area contributed by atoms with Crippen LogP contribution in [0.4, 0.5) is 5.69 Å². The Morgan fingerprint density at radius 3 is 2.70 bits per heavy atom. The fraction of sp³-hybridized carbons (Fsp3) is 0.188. The van der Waals surface area contributed by atoms with Gasteiger partial charge >= 0.3 is 0 Å². The van der Waals surface area contributed by atoms with Gasteiger partial charge in [-0.1, -0.05) is 11.8 Å². The lowest BCUT2D eigenvalue weighted by Crippen LogP contribution is -2.23. The minimum Gasteiger partial charge on any atom is -0.467 e. The normalized spacial score (nSPS) is 12.7. The van der Waals surface area contributed by atoms with E-state index in [-0.39, 0.29) is 10.8 Å². The van der Waals surface area contributed by atoms with Crippen LogP contribution in [0.15, 0.2) is 63.5 Å². The van der Waals surface area contributed by atoms with Crippen molar-refractivity contribution in [2.75, 3.05) is 5.32 Å². The number of rotatable bonds is 7. The Morgan fingerprint density at radius 1 is 1.33 bits per heavy atom. The number of anilines is 1. The fourth-order valence-corrected chi connectivity index (χ4v) is 3.54. The average Bonchev–Trinajstić information content (AvgIpc) is 3.27. The van der Waals surface area contributed by atoms with Crippen molar-refractivity contribution in [2.45, 2.75) is 28.8 Å². The monoisotopic (exact) mass is 407 g/mol. The molecule has 2 heterocycles. The van der Waals surface area contributed by atoms with Crippen molar-refractivity contribution >= 4 is 33.4 Å². The van der Waals surface area contributed by atoms with E-state index in [4.69, 9.17) is 9.56 Å². The van der Waals surface area contributed by atoms with E-state index < -0.39 is 15.3 Å². The average molecular weight is 407 g/mol. The molecule has 1 aromatic carbocycles. The summed E-state index contributed by atoms with van der Waals surface area (Å²) in [6, 6.07) is 9.27. The van der Waals surface area contributed by atoms with Gasteiger partial charge in [0.1, 0.15) is 12.1 Å². The number of furan rings is 1. The summed E-state index contributed by atoms with van der Waals surface area (Å²) >= 11 is 1.25. The van der Waals surface area contributed by atoms with Crippen LogP contribution in [0.1, 0.15) is 12.7 Å². The predicted molar refractivity (Wildman–Crippen MR) is 99.6 cm³/mol. The number of sulfonamides is 1. The SMILES string of the molecule is C[C@@H](Sc1nncn1Cc1ccco1)C(=O)Nc1ccc(S(N)(=O)=O)cc1. The maximum absolute atomic E-state index is 12.4. The molecule has 3 N–H and O–H groups in total. The predicted octanol–water partition coefficient (Wildman–Crippen LogP) is 1.69. The molecule has 1 amide bonds. The van der Waals surface area contributed by atoms with Gasteiger partial charge in [0.2, 0.25) is 15.9 Å². The zero-order valence-electron chi connectivity index (χ0n) is 14.3. The fourth-order valence-electron chi connectivity index (χ4n) is 2.20. The second-order valence-electron chi connectivity index (χ2n) is 5.64. The van der Waals surface area contributed by atoms with Crippen molar-refractivity contribution in [1.29, 1.82) is 0 Å². The van der Waals surface area contributed by atoms with Crippen molar-refractivity contribution in [2.24, 2.45) is 5.14 Å². The van der Waals surface area contributed by atoms with Gasteiger partial charge in [-0.15, -0.1) is 10.2 Å². The largest absolute Gasteiger partial charge is 0.467 e. The maximum Gasteiger partial charge on any atom is 0.238 e. The van der Waals surface area contributed by atoms with Crippen LogP contribution in [0.2, 0.25) is 0 Å². The second kappa shape index (κ2) is 7.94. The van der Waals surface area contributed by atoms with Crippen molar-refractivity contribution in [1.82, 2.24) is 14.8 Å². The molecule has 2 aromatic heterocycles. The smallest absolute Gasteiger partial charge is 0.238 e. The molecule has 3 rings (SSSR count). The third-order valence-corrected chi connectivity index (χ3v) is 5.61. The number of amides is 1. The Bertz CT molecular complexity index is 1010. The van der Waals surface area contributed by atoms with Gasteiger partial charge in [-0.25, -0.2) is 13.6 Å². The summed E-state index contributed by atoms with van der Waals surface area (Å²) < 4.78 is 29.6. The number of thioether (sulfide) groups is 1. The molecule has 0 saturated carbocycles. The van der Waals surface area contributed by atoms with E-state index in [1.165, 1.54) is 36.0 Å². The van der Waals surface area contributed by atoms with Crippen LogP contribution in [-0.4, -0.2) is 34.3 Å². The third-order valence-electron chi connectivity index (χ3n) is 3.59. The van der Waals surface area contributed by atoms with E-state index in [1.807, 2.05) is 6.07 Å². The van der Waals surface area contributed by atoms with E-state index in [0.717, 1.165) is 5.76 Å². The topological polar surface area (TPSA) is 133 Å². The number of hydrogen-bond donors (Lipinski definition) is 2. The van der Waals surface area contributed by atoms with Crippen LogP contribution in [-0.2, 0) is 21.4 Å². The first kappa shape index (κ1) is 19.1. The van der Waals surface area contributed by atoms with Crippen molar-refractivity contribution in [3.05, 3.63) is 54.7 Å². The zero-order valence-corrected chi connectivity index (χ0v) is 15.9. The summed E-state index contributed by atoms with van der Waals surface area (Å²) in [5.41, 5.74) is 0.469.